The molecule has 5 nitrogen and oxygen atoms in total. The normalized spacial score (nSPS) is 11.3. The molecule has 0 saturated heterocycles. The van der Waals surface area contributed by atoms with Crippen molar-refractivity contribution in [2.45, 2.75) is 18.7 Å². The number of carbonyl (C=O) groups is 1. The molecule has 0 bridgehead atoms. The van der Waals surface area contributed by atoms with Crippen LogP contribution >= 0.6 is 0 Å². The summed E-state index contributed by atoms with van der Waals surface area (Å²) in [5.41, 5.74) is 1.16. The van der Waals surface area contributed by atoms with E-state index >= 15 is 0 Å². The Morgan fingerprint density at radius 1 is 1.26 bits per heavy atom. The number of hydrogen-bond donors (Lipinski definition) is 2. The monoisotopic (exact) mass is 284 g/mol. The van der Waals surface area contributed by atoms with Crippen molar-refractivity contribution in [1.29, 1.82) is 0 Å². The molecule has 0 aliphatic heterocycles. The Balaban J connectivity index is 2.84. The van der Waals surface area contributed by atoms with Gasteiger partial charge in [0.1, 0.15) is 0 Å². The fraction of sp³-hybridized carbons (Fsp3) is 0.462. The Hall–Kier alpha value is -1.40. The van der Waals surface area contributed by atoms with Gasteiger partial charge >= 0.3 is 0 Å². The van der Waals surface area contributed by atoms with Crippen molar-refractivity contribution < 1.29 is 13.2 Å². The molecule has 1 amide bonds. The number of benzene rings is 1. The van der Waals surface area contributed by atoms with Crippen molar-refractivity contribution >= 4 is 15.7 Å². The lowest BCUT2D eigenvalue weighted by atomic mass is 10.1. The molecule has 0 radical (unpaired) electrons. The molecule has 1 aromatic carbocycles. The maximum atomic E-state index is 12.0. The van der Waals surface area contributed by atoms with E-state index in [1.165, 1.54) is 12.1 Å². The minimum atomic E-state index is -3.30. The molecule has 0 aromatic heterocycles. The Labute approximate surface area is 114 Å². The number of amides is 1. The number of hydrogen-bond acceptors (Lipinski definition) is 4. The second-order valence-electron chi connectivity index (χ2n) is 4.36. The third-order valence-electron chi connectivity index (χ3n) is 2.72. The Morgan fingerprint density at radius 3 is 2.53 bits per heavy atom. The molecule has 19 heavy (non-hydrogen) atoms. The van der Waals surface area contributed by atoms with E-state index in [9.17, 15) is 13.2 Å². The summed E-state index contributed by atoms with van der Waals surface area (Å²) in [6.07, 6.45) is 1.13. The molecule has 0 aliphatic rings. The molecule has 6 heteroatoms. The summed E-state index contributed by atoms with van der Waals surface area (Å²) in [5, 5.41) is 5.85. The van der Waals surface area contributed by atoms with Crippen LogP contribution in [0.3, 0.4) is 0 Å². The number of nitrogens with one attached hydrogen (secondary N) is 2. The maximum Gasteiger partial charge on any atom is 0.251 e. The number of rotatable bonds is 6. The van der Waals surface area contributed by atoms with Gasteiger partial charge in [-0.05, 0) is 31.2 Å². The fourth-order valence-corrected chi connectivity index (χ4v) is 2.26. The maximum absolute atomic E-state index is 12.0. The van der Waals surface area contributed by atoms with Gasteiger partial charge in [0.15, 0.2) is 9.84 Å². The first-order valence-electron chi connectivity index (χ1n) is 6.16. The summed E-state index contributed by atoms with van der Waals surface area (Å²) in [4.78, 5) is 12.1. The van der Waals surface area contributed by atoms with E-state index in [0.717, 1.165) is 18.4 Å². The van der Waals surface area contributed by atoms with Crippen molar-refractivity contribution in [3.05, 3.63) is 29.3 Å². The Morgan fingerprint density at radius 2 is 1.95 bits per heavy atom. The van der Waals surface area contributed by atoms with E-state index in [0.29, 0.717) is 18.7 Å². The van der Waals surface area contributed by atoms with Gasteiger partial charge in [0.25, 0.3) is 5.91 Å². The van der Waals surface area contributed by atoms with E-state index in [1.54, 1.807) is 13.0 Å². The van der Waals surface area contributed by atoms with Gasteiger partial charge in [-0.2, -0.15) is 0 Å². The first-order chi connectivity index (χ1) is 8.86. The summed E-state index contributed by atoms with van der Waals surface area (Å²) in [5.74, 6) is -0.249. The van der Waals surface area contributed by atoms with E-state index in [-0.39, 0.29) is 10.8 Å². The van der Waals surface area contributed by atoms with Crippen LogP contribution in [-0.2, 0) is 9.84 Å². The number of carbonyl (C=O) groups excluding carboxylic acids is 1. The van der Waals surface area contributed by atoms with E-state index in [4.69, 9.17) is 0 Å². The lowest BCUT2D eigenvalue weighted by Gasteiger charge is -2.09. The quantitative estimate of drug-likeness (QED) is 0.756. The van der Waals surface area contributed by atoms with Crippen molar-refractivity contribution in [3.8, 4) is 0 Å². The smallest absolute Gasteiger partial charge is 0.251 e. The van der Waals surface area contributed by atoms with Crippen LogP contribution < -0.4 is 10.6 Å². The second-order valence-corrected chi connectivity index (χ2v) is 6.37. The number of likely N-dealkylation sites (N-methyl/N-ethyl adjacent to an activating group) is 1. The predicted molar refractivity (Wildman–Crippen MR) is 75.2 cm³/mol. The molecule has 2 N–H and O–H groups in total. The predicted octanol–water partition coefficient (Wildman–Crippen LogP) is 0.738. The molecule has 0 fully saturated rings. The van der Waals surface area contributed by atoms with Crippen LogP contribution in [0.2, 0.25) is 0 Å². The molecule has 1 aromatic rings. The lowest BCUT2D eigenvalue weighted by molar-refractivity contribution is 0.0953. The topological polar surface area (TPSA) is 75.3 Å². The Bertz CT molecular complexity index is 553. The Kier molecular flexibility index (Phi) is 5.50. The van der Waals surface area contributed by atoms with Gasteiger partial charge in [-0.15, -0.1) is 0 Å². The zero-order chi connectivity index (χ0) is 14.5. The molecule has 0 spiro atoms. The third-order valence-corrected chi connectivity index (χ3v) is 3.83. The van der Waals surface area contributed by atoms with Gasteiger partial charge in [-0.3, -0.25) is 4.79 Å². The highest BCUT2D eigenvalue weighted by molar-refractivity contribution is 7.90. The summed E-state index contributed by atoms with van der Waals surface area (Å²) in [6.45, 7) is 5.81. The molecular formula is C13H20N2O3S. The lowest BCUT2D eigenvalue weighted by Crippen LogP contribution is -2.32. The largest absolute Gasteiger partial charge is 0.351 e. The van der Waals surface area contributed by atoms with Crippen molar-refractivity contribution in [3.63, 3.8) is 0 Å². The van der Waals surface area contributed by atoms with Gasteiger partial charge in [0.05, 0.1) is 4.90 Å². The van der Waals surface area contributed by atoms with Crippen LogP contribution in [0.4, 0.5) is 0 Å². The summed E-state index contributed by atoms with van der Waals surface area (Å²) in [7, 11) is -3.30. The van der Waals surface area contributed by atoms with Crippen molar-refractivity contribution in [2.24, 2.45) is 0 Å². The summed E-state index contributed by atoms with van der Waals surface area (Å²) >= 11 is 0. The average Bonchev–Trinajstić information content (AvgIpc) is 2.33. The molecule has 1 rings (SSSR count). The van der Waals surface area contributed by atoms with Gasteiger partial charge in [-0.1, -0.05) is 13.0 Å². The molecule has 0 unspecified atom stereocenters. The van der Waals surface area contributed by atoms with Crippen LogP contribution in [-0.4, -0.2) is 40.2 Å². The zero-order valence-corrected chi connectivity index (χ0v) is 12.3. The van der Waals surface area contributed by atoms with Gasteiger partial charge in [0, 0.05) is 24.9 Å². The van der Waals surface area contributed by atoms with Crippen molar-refractivity contribution in [1.82, 2.24) is 10.6 Å². The first-order valence-corrected chi connectivity index (χ1v) is 8.05. The first kappa shape index (κ1) is 15.7. The molecule has 0 aliphatic carbocycles. The van der Waals surface area contributed by atoms with Crippen LogP contribution in [0.5, 0.6) is 0 Å². The number of sulfone groups is 1. The minimum Gasteiger partial charge on any atom is -0.351 e. The van der Waals surface area contributed by atoms with Crippen LogP contribution in [0.1, 0.15) is 22.8 Å². The SMILES string of the molecule is CCNCCNC(=O)c1cc(S(C)(=O)=O)ccc1C. The summed E-state index contributed by atoms with van der Waals surface area (Å²) < 4.78 is 23.0. The molecule has 106 valence electrons. The standard InChI is InChI=1S/C13H20N2O3S/c1-4-14-7-8-15-13(16)12-9-11(19(3,17)18)6-5-10(12)2/h5-6,9,14H,4,7-8H2,1-3H3,(H,15,16). The molecular weight excluding hydrogens is 264 g/mol. The second kappa shape index (κ2) is 6.68. The molecule has 0 heterocycles. The van der Waals surface area contributed by atoms with Crippen LogP contribution in [0, 0.1) is 6.92 Å². The highest BCUT2D eigenvalue weighted by Gasteiger charge is 2.13. The zero-order valence-electron chi connectivity index (χ0n) is 11.5. The fourth-order valence-electron chi connectivity index (χ4n) is 1.61. The molecule has 0 atom stereocenters. The van der Waals surface area contributed by atoms with E-state index < -0.39 is 9.84 Å². The molecule has 0 saturated carbocycles. The van der Waals surface area contributed by atoms with Crippen LogP contribution in [0.15, 0.2) is 23.1 Å². The average molecular weight is 284 g/mol. The van der Waals surface area contributed by atoms with Gasteiger partial charge in [0.2, 0.25) is 0 Å². The highest BCUT2D eigenvalue weighted by atomic mass is 32.2. The van der Waals surface area contributed by atoms with Crippen molar-refractivity contribution in [2.75, 3.05) is 25.9 Å². The summed E-state index contributed by atoms with van der Waals surface area (Å²) in [6, 6.07) is 4.59. The van der Waals surface area contributed by atoms with Gasteiger partial charge < -0.3 is 10.6 Å². The highest BCUT2D eigenvalue weighted by Crippen LogP contribution is 2.15. The third kappa shape index (κ3) is 4.65. The van der Waals surface area contributed by atoms with E-state index in [1.807, 2.05) is 6.92 Å². The minimum absolute atomic E-state index is 0.162. The van der Waals surface area contributed by atoms with Crippen LogP contribution in [0.25, 0.3) is 0 Å². The number of aryl methyl sites for hydroxylation is 1. The van der Waals surface area contributed by atoms with Gasteiger partial charge in [-0.25, -0.2) is 8.42 Å². The van der Waals surface area contributed by atoms with E-state index in [2.05, 4.69) is 10.6 Å².